The van der Waals surface area contributed by atoms with Crippen molar-refractivity contribution in [1.82, 2.24) is 15.5 Å². The first-order valence-corrected chi connectivity index (χ1v) is 8.85. The van der Waals surface area contributed by atoms with Crippen LogP contribution in [0.25, 0.3) is 11.4 Å². The van der Waals surface area contributed by atoms with Crippen molar-refractivity contribution in [3.05, 3.63) is 71.6 Å². The van der Waals surface area contributed by atoms with Crippen molar-refractivity contribution in [3.63, 3.8) is 0 Å². The van der Waals surface area contributed by atoms with Gasteiger partial charge in [-0.25, -0.2) is 0 Å². The smallest absolute Gasteiger partial charge is 0.249 e. The van der Waals surface area contributed by atoms with Gasteiger partial charge in [0.1, 0.15) is 11.4 Å². The van der Waals surface area contributed by atoms with E-state index < -0.39 is 11.4 Å². The number of nitrogens with one attached hydrogen (secondary N) is 1. The summed E-state index contributed by atoms with van der Waals surface area (Å²) in [5.41, 5.74) is 3.03. The van der Waals surface area contributed by atoms with Gasteiger partial charge in [0.25, 0.3) is 0 Å². The largest absolute Gasteiger partial charge is 0.343 e. The van der Waals surface area contributed by atoms with E-state index in [0.717, 1.165) is 16.7 Å². The third kappa shape index (κ3) is 4.49. The molecule has 2 unspecified atom stereocenters. The number of aryl methyl sites for hydroxylation is 1. The van der Waals surface area contributed by atoms with E-state index in [-0.39, 0.29) is 5.91 Å². The van der Waals surface area contributed by atoms with Gasteiger partial charge in [0, 0.05) is 12.0 Å². The summed E-state index contributed by atoms with van der Waals surface area (Å²) in [6.07, 6.45) is 0.533. The molecule has 2 aromatic carbocycles. The number of carbonyl (C=O) groups excluding carboxylic acids is 1. The molecule has 0 fully saturated rings. The molecule has 0 aliphatic rings. The van der Waals surface area contributed by atoms with Crippen molar-refractivity contribution in [1.29, 1.82) is 0 Å². The van der Waals surface area contributed by atoms with E-state index in [4.69, 9.17) is 16.1 Å². The van der Waals surface area contributed by atoms with Gasteiger partial charge >= 0.3 is 0 Å². The first kappa shape index (κ1) is 18.1. The van der Waals surface area contributed by atoms with Gasteiger partial charge in [0.05, 0.1) is 0 Å². The molecular formula is C20H20ClN3O2. The van der Waals surface area contributed by atoms with Gasteiger partial charge < -0.3 is 9.84 Å². The Morgan fingerprint density at radius 1 is 1.19 bits per heavy atom. The molecule has 134 valence electrons. The molecule has 5 nitrogen and oxygen atoms in total. The van der Waals surface area contributed by atoms with E-state index in [1.807, 2.05) is 61.5 Å². The zero-order chi connectivity index (χ0) is 18.5. The molecule has 0 spiro atoms. The molecular weight excluding hydrogens is 350 g/mol. The fourth-order valence-corrected chi connectivity index (χ4v) is 2.68. The van der Waals surface area contributed by atoms with E-state index in [9.17, 15) is 4.79 Å². The summed E-state index contributed by atoms with van der Waals surface area (Å²) < 4.78 is 5.45. The second kappa shape index (κ2) is 8.15. The highest BCUT2D eigenvalue weighted by Gasteiger charge is 2.24. The maximum Gasteiger partial charge on any atom is 0.249 e. The highest BCUT2D eigenvalue weighted by Crippen LogP contribution is 2.22. The Morgan fingerprint density at radius 3 is 2.65 bits per heavy atom. The molecule has 0 saturated carbocycles. The quantitative estimate of drug-likeness (QED) is 0.665. The van der Waals surface area contributed by atoms with E-state index >= 15 is 0 Å². The summed E-state index contributed by atoms with van der Waals surface area (Å²) in [5, 5.41) is 6.32. The van der Waals surface area contributed by atoms with E-state index in [0.29, 0.717) is 18.1 Å². The summed E-state index contributed by atoms with van der Waals surface area (Å²) in [7, 11) is 0. The summed E-state index contributed by atoms with van der Waals surface area (Å²) >= 11 is 5.90. The first-order valence-electron chi connectivity index (χ1n) is 8.42. The number of halogens is 1. The Hall–Kier alpha value is -2.66. The molecule has 0 aliphatic carbocycles. The predicted octanol–water partition coefficient (Wildman–Crippen LogP) is 4.07. The van der Waals surface area contributed by atoms with Crippen molar-refractivity contribution in [2.75, 3.05) is 0 Å². The van der Waals surface area contributed by atoms with Crippen LogP contribution in [-0.4, -0.2) is 21.4 Å². The summed E-state index contributed by atoms with van der Waals surface area (Å²) in [4.78, 5) is 16.6. The average molecular weight is 370 g/mol. The van der Waals surface area contributed by atoms with Crippen molar-refractivity contribution in [2.24, 2.45) is 0 Å². The number of rotatable bonds is 6. The van der Waals surface area contributed by atoms with E-state index in [1.54, 1.807) is 6.92 Å². The highest BCUT2D eigenvalue weighted by molar-refractivity contribution is 6.30. The zero-order valence-electron chi connectivity index (χ0n) is 14.6. The molecule has 2 atom stereocenters. The lowest BCUT2D eigenvalue weighted by molar-refractivity contribution is -0.121. The van der Waals surface area contributed by atoms with Crippen LogP contribution in [0.5, 0.6) is 0 Å². The molecule has 0 radical (unpaired) electrons. The standard InChI is InChI=1S/C20H20ClN3O2/c1-13-7-6-10-16(11-13)18-23-20(26-24-18)17(22-19(25)14(2)21)12-15-8-4-3-5-9-15/h3-11,14,17H,12H2,1-2H3,(H,22,25). The second-order valence-corrected chi connectivity index (χ2v) is 6.85. The third-order valence-electron chi connectivity index (χ3n) is 3.98. The van der Waals surface area contributed by atoms with Crippen LogP contribution < -0.4 is 5.32 Å². The number of carbonyl (C=O) groups is 1. The van der Waals surface area contributed by atoms with Crippen LogP contribution in [0.4, 0.5) is 0 Å². The second-order valence-electron chi connectivity index (χ2n) is 6.19. The minimum Gasteiger partial charge on any atom is -0.343 e. The Labute approximate surface area is 157 Å². The van der Waals surface area contributed by atoms with Gasteiger partial charge in [-0.1, -0.05) is 59.3 Å². The topological polar surface area (TPSA) is 68.0 Å². The minimum atomic E-state index is -0.646. The fourth-order valence-electron chi connectivity index (χ4n) is 2.61. The van der Waals surface area contributed by atoms with Gasteiger partial charge in [0.2, 0.25) is 17.6 Å². The number of hydrogen-bond acceptors (Lipinski definition) is 4. The van der Waals surface area contributed by atoms with Crippen LogP contribution in [0.3, 0.4) is 0 Å². The van der Waals surface area contributed by atoms with Gasteiger partial charge in [-0.05, 0) is 25.5 Å². The Balaban J connectivity index is 1.87. The molecule has 1 amide bonds. The third-order valence-corrected chi connectivity index (χ3v) is 4.17. The maximum atomic E-state index is 12.1. The van der Waals surface area contributed by atoms with Crippen LogP contribution >= 0.6 is 11.6 Å². The molecule has 3 aromatic rings. The molecule has 0 saturated heterocycles. The minimum absolute atomic E-state index is 0.275. The van der Waals surface area contributed by atoms with E-state index in [2.05, 4.69) is 15.5 Å². The number of alkyl halides is 1. The molecule has 26 heavy (non-hydrogen) atoms. The lowest BCUT2D eigenvalue weighted by atomic mass is 10.1. The van der Waals surface area contributed by atoms with Crippen LogP contribution in [0.2, 0.25) is 0 Å². The van der Waals surface area contributed by atoms with Crippen molar-refractivity contribution in [3.8, 4) is 11.4 Å². The average Bonchev–Trinajstić information content (AvgIpc) is 3.12. The Bertz CT molecular complexity index is 878. The summed E-state index contributed by atoms with van der Waals surface area (Å²) in [5.74, 6) is 0.578. The van der Waals surface area contributed by atoms with E-state index in [1.165, 1.54) is 0 Å². The number of hydrogen-bond donors (Lipinski definition) is 1. The van der Waals surface area contributed by atoms with Crippen LogP contribution in [0.1, 0.15) is 30.0 Å². The SMILES string of the molecule is Cc1cccc(-c2noc(C(Cc3ccccc3)NC(=O)C(C)Cl)n2)c1. The molecule has 0 bridgehead atoms. The summed E-state index contributed by atoms with van der Waals surface area (Å²) in [6, 6.07) is 17.2. The first-order chi connectivity index (χ1) is 12.5. The highest BCUT2D eigenvalue weighted by atomic mass is 35.5. The van der Waals surface area contributed by atoms with Crippen LogP contribution in [-0.2, 0) is 11.2 Å². The fraction of sp³-hybridized carbons (Fsp3) is 0.250. The van der Waals surface area contributed by atoms with Crippen LogP contribution in [0, 0.1) is 6.92 Å². The lowest BCUT2D eigenvalue weighted by Gasteiger charge is -2.16. The Kier molecular flexibility index (Phi) is 5.68. The maximum absolute atomic E-state index is 12.1. The van der Waals surface area contributed by atoms with Gasteiger partial charge in [-0.3, -0.25) is 4.79 Å². The predicted molar refractivity (Wildman–Crippen MR) is 101 cm³/mol. The van der Waals surface area contributed by atoms with Crippen molar-refractivity contribution >= 4 is 17.5 Å². The molecule has 1 aromatic heterocycles. The molecule has 0 aliphatic heterocycles. The summed E-state index contributed by atoms with van der Waals surface area (Å²) in [6.45, 7) is 3.63. The monoisotopic (exact) mass is 369 g/mol. The number of benzene rings is 2. The Morgan fingerprint density at radius 2 is 1.96 bits per heavy atom. The molecule has 1 heterocycles. The number of aromatic nitrogens is 2. The zero-order valence-corrected chi connectivity index (χ0v) is 15.4. The van der Waals surface area contributed by atoms with Gasteiger partial charge in [-0.2, -0.15) is 4.98 Å². The van der Waals surface area contributed by atoms with Crippen LogP contribution in [0.15, 0.2) is 59.1 Å². The van der Waals surface area contributed by atoms with Gasteiger partial charge in [-0.15, -0.1) is 11.6 Å². The number of nitrogens with zero attached hydrogens (tertiary/aromatic N) is 2. The van der Waals surface area contributed by atoms with Crippen molar-refractivity contribution in [2.45, 2.75) is 31.7 Å². The normalized spacial score (nSPS) is 13.2. The lowest BCUT2D eigenvalue weighted by Crippen LogP contribution is -2.34. The molecule has 6 heteroatoms. The van der Waals surface area contributed by atoms with Gasteiger partial charge in [0.15, 0.2) is 0 Å². The van der Waals surface area contributed by atoms with Crippen molar-refractivity contribution < 1.29 is 9.32 Å². The molecule has 3 rings (SSSR count). The number of amides is 1. The molecule has 1 N–H and O–H groups in total.